The Bertz CT molecular complexity index is 281. The largest absolute Gasteiger partial charge is 0.393 e. The standard InChI is InChI=1S/C11H15FO/c1-8-3-6-11(12)10(7-8)5-4-9(2)13/h3,6-7,9,13H,4-5H2,1-2H3/t9-/m0/s1. The van der Waals surface area contributed by atoms with Crippen molar-refractivity contribution in [3.63, 3.8) is 0 Å². The molecule has 1 N–H and O–H groups in total. The van der Waals surface area contributed by atoms with Crippen LogP contribution in [0.2, 0.25) is 0 Å². The second-order valence-corrected chi connectivity index (χ2v) is 3.48. The molecule has 0 saturated carbocycles. The number of aliphatic hydroxyl groups is 1. The molecule has 2 heteroatoms. The third kappa shape index (κ3) is 3.15. The fourth-order valence-corrected chi connectivity index (χ4v) is 1.26. The van der Waals surface area contributed by atoms with Gasteiger partial charge in [0.25, 0.3) is 0 Å². The molecule has 0 aromatic heterocycles. The van der Waals surface area contributed by atoms with Gasteiger partial charge in [0.1, 0.15) is 5.82 Å². The molecule has 0 spiro atoms. The maximum Gasteiger partial charge on any atom is 0.126 e. The Hall–Kier alpha value is -0.890. The quantitative estimate of drug-likeness (QED) is 0.761. The third-order valence-corrected chi connectivity index (χ3v) is 2.03. The lowest BCUT2D eigenvalue weighted by Crippen LogP contribution is -2.02. The summed E-state index contributed by atoms with van der Waals surface area (Å²) < 4.78 is 13.1. The van der Waals surface area contributed by atoms with Gasteiger partial charge in [-0.05, 0) is 38.3 Å². The molecule has 13 heavy (non-hydrogen) atoms. The van der Waals surface area contributed by atoms with Crippen molar-refractivity contribution < 1.29 is 9.50 Å². The van der Waals surface area contributed by atoms with Crippen LogP contribution >= 0.6 is 0 Å². The summed E-state index contributed by atoms with van der Waals surface area (Å²) in [4.78, 5) is 0. The zero-order valence-electron chi connectivity index (χ0n) is 8.05. The molecule has 1 nitrogen and oxygen atoms in total. The van der Waals surface area contributed by atoms with E-state index in [9.17, 15) is 4.39 Å². The van der Waals surface area contributed by atoms with E-state index in [1.165, 1.54) is 6.07 Å². The monoisotopic (exact) mass is 182 g/mol. The van der Waals surface area contributed by atoms with Crippen LogP contribution in [0.15, 0.2) is 18.2 Å². The molecule has 0 aliphatic heterocycles. The lowest BCUT2D eigenvalue weighted by atomic mass is 10.0. The van der Waals surface area contributed by atoms with Gasteiger partial charge < -0.3 is 5.11 Å². The SMILES string of the molecule is Cc1ccc(F)c(CC[C@H](C)O)c1. The Morgan fingerprint density at radius 1 is 1.46 bits per heavy atom. The van der Waals surface area contributed by atoms with Crippen molar-refractivity contribution in [1.29, 1.82) is 0 Å². The van der Waals surface area contributed by atoms with Crippen LogP contribution in [0, 0.1) is 12.7 Å². The Labute approximate surface area is 78.2 Å². The van der Waals surface area contributed by atoms with E-state index < -0.39 is 0 Å². The first kappa shape index (κ1) is 10.2. The van der Waals surface area contributed by atoms with Crippen LogP contribution < -0.4 is 0 Å². The maximum absolute atomic E-state index is 13.1. The highest BCUT2D eigenvalue weighted by atomic mass is 19.1. The molecular weight excluding hydrogens is 167 g/mol. The van der Waals surface area contributed by atoms with Gasteiger partial charge in [-0.15, -0.1) is 0 Å². The van der Waals surface area contributed by atoms with E-state index >= 15 is 0 Å². The summed E-state index contributed by atoms with van der Waals surface area (Å²) in [6, 6.07) is 5.06. The molecule has 0 aliphatic carbocycles. The van der Waals surface area contributed by atoms with Gasteiger partial charge in [0.15, 0.2) is 0 Å². The van der Waals surface area contributed by atoms with Crippen LogP contribution in [0.4, 0.5) is 4.39 Å². The molecule has 0 bridgehead atoms. The Kier molecular flexibility index (Phi) is 3.43. The second-order valence-electron chi connectivity index (χ2n) is 3.48. The van der Waals surface area contributed by atoms with Gasteiger partial charge in [0.05, 0.1) is 6.10 Å². The van der Waals surface area contributed by atoms with Gasteiger partial charge >= 0.3 is 0 Å². The number of benzene rings is 1. The van der Waals surface area contributed by atoms with E-state index in [0.29, 0.717) is 18.4 Å². The van der Waals surface area contributed by atoms with Gasteiger partial charge in [0, 0.05) is 0 Å². The predicted octanol–water partition coefficient (Wildman–Crippen LogP) is 2.45. The fraction of sp³-hybridized carbons (Fsp3) is 0.455. The lowest BCUT2D eigenvalue weighted by molar-refractivity contribution is 0.184. The predicted molar refractivity (Wildman–Crippen MR) is 51.1 cm³/mol. The van der Waals surface area contributed by atoms with E-state index in [4.69, 9.17) is 5.11 Å². The summed E-state index contributed by atoms with van der Waals surface area (Å²) >= 11 is 0. The topological polar surface area (TPSA) is 20.2 Å². The number of hydrogen-bond acceptors (Lipinski definition) is 1. The van der Waals surface area contributed by atoms with Gasteiger partial charge in [-0.25, -0.2) is 4.39 Å². The zero-order valence-corrected chi connectivity index (χ0v) is 8.05. The van der Waals surface area contributed by atoms with E-state index in [-0.39, 0.29) is 11.9 Å². The molecule has 1 aromatic carbocycles. The van der Waals surface area contributed by atoms with Crippen LogP contribution in [0.25, 0.3) is 0 Å². The molecule has 0 aliphatic rings. The van der Waals surface area contributed by atoms with Crippen LogP contribution in [0.3, 0.4) is 0 Å². The van der Waals surface area contributed by atoms with E-state index in [1.807, 2.05) is 13.0 Å². The molecule has 72 valence electrons. The van der Waals surface area contributed by atoms with Crippen LogP contribution in [0.1, 0.15) is 24.5 Å². The van der Waals surface area contributed by atoms with Crippen molar-refractivity contribution in [2.75, 3.05) is 0 Å². The van der Waals surface area contributed by atoms with E-state index in [1.54, 1.807) is 13.0 Å². The fourth-order valence-electron chi connectivity index (χ4n) is 1.26. The summed E-state index contributed by atoms with van der Waals surface area (Å²) in [6.07, 6.45) is 0.853. The third-order valence-electron chi connectivity index (χ3n) is 2.03. The van der Waals surface area contributed by atoms with Gasteiger partial charge in [0.2, 0.25) is 0 Å². The number of hydrogen-bond donors (Lipinski definition) is 1. The molecule has 1 rings (SSSR count). The number of halogens is 1. The van der Waals surface area contributed by atoms with Crippen molar-refractivity contribution in [2.24, 2.45) is 0 Å². The molecule has 0 unspecified atom stereocenters. The van der Waals surface area contributed by atoms with Crippen molar-refractivity contribution in [1.82, 2.24) is 0 Å². The molecule has 0 amide bonds. The Morgan fingerprint density at radius 3 is 2.77 bits per heavy atom. The minimum absolute atomic E-state index is 0.175. The Balaban J connectivity index is 2.70. The highest BCUT2D eigenvalue weighted by Crippen LogP contribution is 2.12. The maximum atomic E-state index is 13.1. The summed E-state index contributed by atoms with van der Waals surface area (Å²) in [6.45, 7) is 3.65. The van der Waals surface area contributed by atoms with Crippen molar-refractivity contribution in [2.45, 2.75) is 32.8 Å². The van der Waals surface area contributed by atoms with Crippen LogP contribution in [-0.2, 0) is 6.42 Å². The Morgan fingerprint density at radius 2 is 2.15 bits per heavy atom. The molecule has 1 atom stereocenters. The minimum Gasteiger partial charge on any atom is -0.393 e. The number of aliphatic hydroxyl groups excluding tert-OH is 1. The van der Waals surface area contributed by atoms with Crippen LogP contribution in [0.5, 0.6) is 0 Å². The molecule has 0 fully saturated rings. The van der Waals surface area contributed by atoms with E-state index in [0.717, 1.165) is 5.56 Å². The average Bonchev–Trinajstić information content (AvgIpc) is 2.06. The lowest BCUT2D eigenvalue weighted by Gasteiger charge is -2.06. The summed E-state index contributed by atoms with van der Waals surface area (Å²) in [5, 5.41) is 9.05. The average molecular weight is 182 g/mol. The summed E-state index contributed by atoms with van der Waals surface area (Å²) in [5.41, 5.74) is 1.75. The minimum atomic E-state index is -0.361. The summed E-state index contributed by atoms with van der Waals surface area (Å²) in [5.74, 6) is -0.175. The van der Waals surface area contributed by atoms with Gasteiger partial charge in [-0.2, -0.15) is 0 Å². The van der Waals surface area contributed by atoms with Crippen molar-refractivity contribution in [3.8, 4) is 0 Å². The molecular formula is C11H15FO. The van der Waals surface area contributed by atoms with Crippen LogP contribution in [-0.4, -0.2) is 11.2 Å². The second kappa shape index (κ2) is 4.38. The van der Waals surface area contributed by atoms with Crippen molar-refractivity contribution in [3.05, 3.63) is 35.1 Å². The molecule has 1 aromatic rings. The van der Waals surface area contributed by atoms with Gasteiger partial charge in [-0.1, -0.05) is 17.7 Å². The highest BCUT2D eigenvalue weighted by Gasteiger charge is 2.03. The number of rotatable bonds is 3. The van der Waals surface area contributed by atoms with E-state index in [2.05, 4.69) is 0 Å². The molecule has 0 saturated heterocycles. The van der Waals surface area contributed by atoms with Crippen molar-refractivity contribution >= 4 is 0 Å². The first-order valence-corrected chi connectivity index (χ1v) is 4.52. The highest BCUT2D eigenvalue weighted by molar-refractivity contribution is 5.24. The molecule has 0 radical (unpaired) electrons. The van der Waals surface area contributed by atoms with Gasteiger partial charge in [-0.3, -0.25) is 0 Å². The first-order chi connectivity index (χ1) is 6.09. The smallest absolute Gasteiger partial charge is 0.126 e. The molecule has 0 heterocycles. The zero-order chi connectivity index (χ0) is 9.84. The first-order valence-electron chi connectivity index (χ1n) is 4.52. The normalized spacial score (nSPS) is 12.9. The number of aryl methyl sites for hydroxylation is 2. The summed E-state index contributed by atoms with van der Waals surface area (Å²) in [7, 11) is 0.